The van der Waals surface area contributed by atoms with Crippen LogP contribution in [0.1, 0.15) is 27.0 Å². The summed E-state index contributed by atoms with van der Waals surface area (Å²) in [6, 6.07) is 19.8. The van der Waals surface area contributed by atoms with Crippen LogP contribution in [-0.4, -0.2) is 41.6 Å². The molecule has 0 bridgehead atoms. The molecule has 1 unspecified atom stereocenters. The second-order valence-corrected chi connectivity index (χ2v) is 9.26. The van der Waals surface area contributed by atoms with E-state index in [1.807, 2.05) is 24.3 Å². The highest BCUT2D eigenvalue weighted by atomic mass is 35.5. The molecular weight excluding hydrogens is 547 g/mol. The first kappa shape index (κ1) is 28.9. The molecule has 0 aliphatic rings. The van der Waals surface area contributed by atoms with Gasteiger partial charge in [0.25, 0.3) is 5.91 Å². The van der Waals surface area contributed by atoms with E-state index in [0.717, 1.165) is 22.9 Å². The first-order valence-corrected chi connectivity index (χ1v) is 12.5. The standard InChI is InChI=1S/C29H25ClF3N3O4/c30-25-13-19(7-11-26(25)38)28(39)36-35-15-20-8-12-27(24-4-2-1-3-23(20)24)40-17-22(37)16-34-14-18-5-9-21(10-6-18)29(31,32)33/h1-13,15,22,34,37-38H,14,16-17H2,(H,36,39). The number of amides is 1. The molecule has 4 aromatic rings. The number of carbonyl (C=O) groups is 1. The fourth-order valence-corrected chi connectivity index (χ4v) is 4.03. The summed E-state index contributed by atoms with van der Waals surface area (Å²) in [5, 5.41) is 28.5. The minimum Gasteiger partial charge on any atom is -0.506 e. The maximum atomic E-state index is 12.7. The number of aromatic hydroxyl groups is 1. The second kappa shape index (κ2) is 12.8. The number of hydrogen-bond acceptors (Lipinski definition) is 6. The van der Waals surface area contributed by atoms with E-state index in [4.69, 9.17) is 16.3 Å². The highest BCUT2D eigenvalue weighted by Crippen LogP contribution is 2.30. The van der Waals surface area contributed by atoms with Crippen molar-refractivity contribution in [1.82, 2.24) is 10.7 Å². The number of hydrogen-bond donors (Lipinski definition) is 4. The first-order valence-electron chi connectivity index (χ1n) is 12.1. The molecule has 1 atom stereocenters. The van der Waals surface area contributed by atoms with Crippen molar-refractivity contribution in [2.75, 3.05) is 13.2 Å². The van der Waals surface area contributed by atoms with E-state index in [9.17, 15) is 28.2 Å². The van der Waals surface area contributed by atoms with Crippen molar-refractivity contribution < 1.29 is 32.9 Å². The molecule has 4 aromatic carbocycles. The number of phenols is 1. The van der Waals surface area contributed by atoms with Crippen molar-refractivity contribution >= 4 is 34.5 Å². The molecule has 0 spiro atoms. The summed E-state index contributed by atoms with van der Waals surface area (Å²) in [6.45, 7) is 0.459. The van der Waals surface area contributed by atoms with Gasteiger partial charge in [0.1, 0.15) is 24.2 Å². The lowest BCUT2D eigenvalue weighted by Gasteiger charge is -2.15. The molecule has 4 N–H and O–H groups in total. The van der Waals surface area contributed by atoms with Crippen molar-refractivity contribution in [2.24, 2.45) is 5.10 Å². The van der Waals surface area contributed by atoms with Crippen LogP contribution in [-0.2, 0) is 12.7 Å². The van der Waals surface area contributed by atoms with Gasteiger partial charge in [-0.3, -0.25) is 4.79 Å². The number of alkyl halides is 3. The molecule has 0 saturated carbocycles. The lowest BCUT2D eigenvalue weighted by atomic mass is 10.0. The number of hydrazone groups is 1. The van der Waals surface area contributed by atoms with Crippen LogP contribution in [0.5, 0.6) is 11.5 Å². The number of fused-ring (bicyclic) bond motifs is 1. The molecule has 0 radical (unpaired) electrons. The van der Waals surface area contributed by atoms with E-state index in [0.29, 0.717) is 23.4 Å². The number of ether oxygens (including phenoxy) is 1. The third-order valence-electron chi connectivity index (χ3n) is 5.92. The first-order chi connectivity index (χ1) is 19.1. The smallest absolute Gasteiger partial charge is 0.416 e. The Morgan fingerprint density at radius 2 is 1.75 bits per heavy atom. The second-order valence-electron chi connectivity index (χ2n) is 8.85. The topological polar surface area (TPSA) is 103 Å². The maximum Gasteiger partial charge on any atom is 0.416 e. The Morgan fingerprint density at radius 1 is 1.02 bits per heavy atom. The van der Waals surface area contributed by atoms with Gasteiger partial charge in [-0.1, -0.05) is 48.0 Å². The van der Waals surface area contributed by atoms with Gasteiger partial charge >= 0.3 is 6.18 Å². The summed E-state index contributed by atoms with van der Waals surface area (Å²) < 4.78 is 43.9. The van der Waals surface area contributed by atoms with Crippen molar-refractivity contribution in [3.05, 3.63) is 106 Å². The van der Waals surface area contributed by atoms with Gasteiger partial charge in [0.05, 0.1) is 16.8 Å². The van der Waals surface area contributed by atoms with Crippen LogP contribution < -0.4 is 15.5 Å². The zero-order chi connectivity index (χ0) is 28.7. The summed E-state index contributed by atoms with van der Waals surface area (Å²) in [5.74, 6) is -0.0851. The zero-order valence-electron chi connectivity index (χ0n) is 21.0. The number of benzene rings is 4. The molecule has 1 amide bonds. The van der Waals surface area contributed by atoms with Crippen LogP contribution >= 0.6 is 11.6 Å². The average molecular weight is 572 g/mol. The molecule has 0 aliphatic heterocycles. The van der Waals surface area contributed by atoms with Crippen molar-refractivity contribution in [3.63, 3.8) is 0 Å². The van der Waals surface area contributed by atoms with Crippen molar-refractivity contribution in [2.45, 2.75) is 18.8 Å². The summed E-state index contributed by atoms with van der Waals surface area (Å²) >= 11 is 5.85. The average Bonchev–Trinajstić information content (AvgIpc) is 2.93. The van der Waals surface area contributed by atoms with Gasteiger partial charge in [-0.05, 0) is 53.4 Å². The Bertz CT molecular complexity index is 1510. The van der Waals surface area contributed by atoms with Crippen LogP contribution in [0, 0.1) is 0 Å². The molecule has 208 valence electrons. The maximum absolute atomic E-state index is 12.7. The van der Waals surface area contributed by atoms with Crippen LogP contribution in [0.25, 0.3) is 10.8 Å². The monoisotopic (exact) mass is 571 g/mol. The predicted molar refractivity (Wildman–Crippen MR) is 147 cm³/mol. The van der Waals surface area contributed by atoms with E-state index in [-0.39, 0.29) is 29.5 Å². The molecule has 7 nitrogen and oxygen atoms in total. The number of carbonyl (C=O) groups excluding carboxylic acids is 1. The molecule has 0 fully saturated rings. The molecule has 11 heteroatoms. The fourth-order valence-electron chi connectivity index (χ4n) is 3.85. The Balaban J connectivity index is 1.32. The van der Waals surface area contributed by atoms with Crippen LogP contribution in [0.4, 0.5) is 13.2 Å². The molecule has 0 aliphatic carbocycles. The number of aliphatic hydroxyl groups is 1. The normalized spacial score (nSPS) is 12.5. The number of aliphatic hydroxyl groups excluding tert-OH is 1. The number of halogens is 4. The third kappa shape index (κ3) is 7.50. The minimum atomic E-state index is -4.38. The molecule has 0 heterocycles. The van der Waals surface area contributed by atoms with E-state index < -0.39 is 23.8 Å². The number of nitrogens with one attached hydrogen (secondary N) is 2. The fraction of sp³-hybridized carbons (Fsp3) is 0.172. The van der Waals surface area contributed by atoms with Crippen molar-refractivity contribution in [3.8, 4) is 11.5 Å². The van der Waals surface area contributed by atoms with E-state index >= 15 is 0 Å². The molecule has 4 rings (SSSR count). The summed E-state index contributed by atoms with van der Waals surface area (Å²) in [6.07, 6.45) is -3.75. The summed E-state index contributed by atoms with van der Waals surface area (Å²) in [7, 11) is 0. The van der Waals surface area contributed by atoms with Gasteiger partial charge in [0, 0.05) is 29.6 Å². The minimum absolute atomic E-state index is 0.0112. The highest BCUT2D eigenvalue weighted by Gasteiger charge is 2.29. The van der Waals surface area contributed by atoms with Gasteiger partial charge < -0.3 is 20.3 Å². The van der Waals surface area contributed by atoms with Gasteiger partial charge in [-0.2, -0.15) is 18.3 Å². The van der Waals surface area contributed by atoms with Crippen LogP contribution in [0.3, 0.4) is 0 Å². The lowest BCUT2D eigenvalue weighted by Crippen LogP contribution is -2.31. The number of rotatable bonds is 10. The van der Waals surface area contributed by atoms with Gasteiger partial charge in [0.2, 0.25) is 0 Å². The van der Waals surface area contributed by atoms with Gasteiger partial charge in [-0.25, -0.2) is 5.43 Å². The van der Waals surface area contributed by atoms with Gasteiger partial charge in [0.15, 0.2) is 0 Å². The zero-order valence-corrected chi connectivity index (χ0v) is 21.7. The Hall–Kier alpha value is -4.12. The van der Waals surface area contributed by atoms with Crippen molar-refractivity contribution in [1.29, 1.82) is 0 Å². The molecule has 0 aromatic heterocycles. The van der Waals surface area contributed by atoms with Crippen LogP contribution in [0.15, 0.2) is 84.0 Å². The lowest BCUT2D eigenvalue weighted by molar-refractivity contribution is -0.137. The van der Waals surface area contributed by atoms with E-state index in [1.54, 1.807) is 12.1 Å². The Labute approximate surface area is 232 Å². The molecular formula is C29H25ClF3N3O4. The summed E-state index contributed by atoms with van der Waals surface area (Å²) in [5.41, 5.74) is 3.32. The van der Waals surface area contributed by atoms with E-state index in [1.165, 1.54) is 36.5 Å². The highest BCUT2D eigenvalue weighted by molar-refractivity contribution is 6.32. The SMILES string of the molecule is O=C(NN=Cc1ccc(OCC(O)CNCc2ccc(C(F)(F)F)cc2)c2ccccc12)c1ccc(O)c(Cl)c1. The van der Waals surface area contributed by atoms with Gasteiger partial charge in [-0.15, -0.1) is 0 Å². The number of phenolic OH excluding ortho intramolecular Hbond substituents is 1. The number of nitrogens with zero attached hydrogens (tertiary/aromatic N) is 1. The Kier molecular flexibility index (Phi) is 9.26. The van der Waals surface area contributed by atoms with E-state index in [2.05, 4.69) is 15.8 Å². The van der Waals surface area contributed by atoms with Crippen LogP contribution in [0.2, 0.25) is 5.02 Å². The largest absolute Gasteiger partial charge is 0.506 e. The summed E-state index contributed by atoms with van der Waals surface area (Å²) in [4.78, 5) is 12.3. The quantitative estimate of drug-likeness (QED) is 0.148. The molecule has 0 saturated heterocycles. The molecule has 40 heavy (non-hydrogen) atoms. The predicted octanol–water partition coefficient (Wildman–Crippen LogP) is 5.51. The third-order valence-corrected chi connectivity index (χ3v) is 6.22. The Morgan fingerprint density at radius 3 is 2.45 bits per heavy atom.